The summed E-state index contributed by atoms with van der Waals surface area (Å²) in [6, 6.07) is 0. The molecule has 17 heavy (non-hydrogen) atoms. The molecule has 2 rings (SSSR count). The van der Waals surface area contributed by atoms with Crippen molar-refractivity contribution in [3.63, 3.8) is 0 Å². The predicted octanol–water partition coefficient (Wildman–Crippen LogP) is 1.88. The van der Waals surface area contributed by atoms with Crippen molar-refractivity contribution in [3.8, 4) is 0 Å². The molecule has 0 radical (unpaired) electrons. The summed E-state index contributed by atoms with van der Waals surface area (Å²) in [5.74, 6) is 0.757. The van der Waals surface area contributed by atoms with Crippen LogP contribution in [0.15, 0.2) is 0 Å². The van der Waals surface area contributed by atoms with E-state index in [0.717, 1.165) is 32.2 Å². The molecular formula is C14H28N2O. The van der Waals surface area contributed by atoms with Gasteiger partial charge in [-0.05, 0) is 44.7 Å². The first-order valence-electron chi connectivity index (χ1n) is 7.46. The zero-order valence-corrected chi connectivity index (χ0v) is 11.1. The SMILES string of the molecule is C1CCCN(CCNCC2CCCOC2)CC1. The second-order valence-corrected chi connectivity index (χ2v) is 5.54. The Morgan fingerprint density at radius 2 is 1.88 bits per heavy atom. The molecule has 0 saturated carbocycles. The summed E-state index contributed by atoms with van der Waals surface area (Å²) in [4.78, 5) is 2.62. The fourth-order valence-corrected chi connectivity index (χ4v) is 2.87. The molecule has 2 fully saturated rings. The first kappa shape index (κ1) is 13.3. The van der Waals surface area contributed by atoms with E-state index in [9.17, 15) is 0 Å². The van der Waals surface area contributed by atoms with Crippen LogP contribution in [-0.4, -0.2) is 50.8 Å². The van der Waals surface area contributed by atoms with Crippen LogP contribution in [0, 0.1) is 5.92 Å². The maximum atomic E-state index is 5.50. The quantitative estimate of drug-likeness (QED) is 0.743. The zero-order valence-electron chi connectivity index (χ0n) is 11.1. The standard InChI is InChI=1S/C14H28N2O/c1-2-4-9-16(8-3-1)10-7-15-12-14-6-5-11-17-13-14/h14-15H,1-13H2. The van der Waals surface area contributed by atoms with Crippen molar-refractivity contribution in [1.82, 2.24) is 10.2 Å². The van der Waals surface area contributed by atoms with Gasteiger partial charge in [-0.3, -0.25) is 0 Å². The Balaban J connectivity index is 1.49. The van der Waals surface area contributed by atoms with E-state index >= 15 is 0 Å². The lowest BCUT2D eigenvalue weighted by atomic mass is 10.0. The van der Waals surface area contributed by atoms with Gasteiger partial charge in [0, 0.05) is 26.2 Å². The molecule has 2 aliphatic rings. The van der Waals surface area contributed by atoms with Crippen molar-refractivity contribution in [2.24, 2.45) is 5.92 Å². The van der Waals surface area contributed by atoms with Crippen LogP contribution in [0.4, 0.5) is 0 Å². The number of ether oxygens (including phenoxy) is 1. The van der Waals surface area contributed by atoms with E-state index in [0.29, 0.717) is 0 Å². The van der Waals surface area contributed by atoms with Gasteiger partial charge in [0.25, 0.3) is 0 Å². The van der Waals surface area contributed by atoms with Crippen LogP contribution in [0.5, 0.6) is 0 Å². The van der Waals surface area contributed by atoms with Gasteiger partial charge in [-0.25, -0.2) is 0 Å². The van der Waals surface area contributed by atoms with Gasteiger partial charge >= 0.3 is 0 Å². The molecule has 0 aromatic heterocycles. The minimum absolute atomic E-state index is 0.757. The highest BCUT2D eigenvalue weighted by molar-refractivity contribution is 4.68. The summed E-state index contributed by atoms with van der Waals surface area (Å²) in [6.45, 7) is 8.10. The van der Waals surface area contributed by atoms with Gasteiger partial charge in [-0.1, -0.05) is 12.8 Å². The molecule has 0 bridgehead atoms. The molecule has 0 amide bonds. The second-order valence-electron chi connectivity index (χ2n) is 5.54. The third kappa shape index (κ3) is 5.36. The van der Waals surface area contributed by atoms with E-state index in [1.54, 1.807) is 0 Å². The number of hydrogen-bond acceptors (Lipinski definition) is 3. The van der Waals surface area contributed by atoms with Crippen LogP contribution in [-0.2, 0) is 4.74 Å². The molecule has 1 atom stereocenters. The molecule has 0 aromatic carbocycles. The summed E-state index contributed by atoms with van der Waals surface area (Å²) in [7, 11) is 0. The van der Waals surface area contributed by atoms with E-state index in [-0.39, 0.29) is 0 Å². The van der Waals surface area contributed by atoms with Crippen LogP contribution >= 0.6 is 0 Å². The van der Waals surface area contributed by atoms with Gasteiger partial charge in [0.15, 0.2) is 0 Å². The second kappa shape index (κ2) is 8.06. The van der Waals surface area contributed by atoms with E-state index in [1.807, 2.05) is 0 Å². The monoisotopic (exact) mass is 240 g/mol. The third-order valence-corrected chi connectivity index (χ3v) is 3.99. The molecule has 2 aliphatic heterocycles. The van der Waals surface area contributed by atoms with Crippen LogP contribution in [0.25, 0.3) is 0 Å². The highest BCUT2D eigenvalue weighted by atomic mass is 16.5. The minimum atomic E-state index is 0.757. The van der Waals surface area contributed by atoms with E-state index in [4.69, 9.17) is 4.74 Å². The Hall–Kier alpha value is -0.120. The number of likely N-dealkylation sites (tertiary alicyclic amines) is 1. The summed E-state index contributed by atoms with van der Waals surface area (Å²) in [5.41, 5.74) is 0. The highest BCUT2D eigenvalue weighted by Gasteiger charge is 2.13. The van der Waals surface area contributed by atoms with Crippen LogP contribution in [0.2, 0.25) is 0 Å². The lowest BCUT2D eigenvalue weighted by molar-refractivity contribution is 0.0547. The van der Waals surface area contributed by atoms with Crippen molar-refractivity contribution < 1.29 is 4.74 Å². The summed E-state index contributed by atoms with van der Waals surface area (Å²) >= 11 is 0. The van der Waals surface area contributed by atoms with Gasteiger partial charge in [0.05, 0.1) is 6.61 Å². The molecule has 3 nitrogen and oxygen atoms in total. The van der Waals surface area contributed by atoms with Crippen molar-refractivity contribution in [3.05, 3.63) is 0 Å². The van der Waals surface area contributed by atoms with E-state index in [2.05, 4.69) is 10.2 Å². The fourth-order valence-electron chi connectivity index (χ4n) is 2.87. The lowest BCUT2D eigenvalue weighted by Crippen LogP contribution is -2.36. The maximum Gasteiger partial charge on any atom is 0.0506 e. The Kier molecular flexibility index (Phi) is 6.32. The Bertz CT molecular complexity index is 185. The van der Waals surface area contributed by atoms with Gasteiger partial charge in [0.2, 0.25) is 0 Å². The molecule has 0 spiro atoms. The summed E-state index contributed by atoms with van der Waals surface area (Å²) in [6.07, 6.45) is 8.26. The van der Waals surface area contributed by atoms with Crippen molar-refractivity contribution >= 4 is 0 Å². The smallest absolute Gasteiger partial charge is 0.0506 e. The predicted molar refractivity (Wildman–Crippen MR) is 71.3 cm³/mol. The Morgan fingerprint density at radius 1 is 1.06 bits per heavy atom. The number of rotatable bonds is 5. The topological polar surface area (TPSA) is 24.5 Å². The molecule has 0 aliphatic carbocycles. The van der Waals surface area contributed by atoms with Gasteiger partial charge in [0.1, 0.15) is 0 Å². The Labute approximate surface area is 106 Å². The van der Waals surface area contributed by atoms with Crippen molar-refractivity contribution in [2.75, 3.05) is 45.9 Å². The van der Waals surface area contributed by atoms with Crippen LogP contribution < -0.4 is 5.32 Å². The van der Waals surface area contributed by atoms with Gasteiger partial charge in [-0.15, -0.1) is 0 Å². The number of hydrogen-bond donors (Lipinski definition) is 1. The molecule has 2 heterocycles. The molecule has 2 saturated heterocycles. The van der Waals surface area contributed by atoms with Gasteiger partial charge < -0.3 is 15.0 Å². The largest absolute Gasteiger partial charge is 0.381 e. The first-order chi connectivity index (χ1) is 8.45. The molecule has 1 N–H and O–H groups in total. The fraction of sp³-hybridized carbons (Fsp3) is 1.00. The highest BCUT2D eigenvalue weighted by Crippen LogP contribution is 2.12. The van der Waals surface area contributed by atoms with Crippen molar-refractivity contribution in [2.45, 2.75) is 38.5 Å². The normalized spacial score (nSPS) is 27.9. The Morgan fingerprint density at radius 3 is 2.59 bits per heavy atom. The lowest BCUT2D eigenvalue weighted by Gasteiger charge is -2.24. The number of nitrogens with zero attached hydrogens (tertiary/aromatic N) is 1. The molecule has 1 unspecified atom stereocenters. The minimum Gasteiger partial charge on any atom is -0.381 e. The molecule has 0 aromatic rings. The van der Waals surface area contributed by atoms with Crippen LogP contribution in [0.3, 0.4) is 0 Å². The number of nitrogens with one attached hydrogen (secondary N) is 1. The summed E-state index contributed by atoms with van der Waals surface area (Å²) < 4.78 is 5.50. The summed E-state index contributed by atoms with van der Waals surface area (Å²) in [5, 5.41) is 3.60. The zero-order chi connectivity index (χ0) is 11.8. The van der Waals surface area contributed by atoms with Gasteiger partial charge in [-0.2, -0.15) is 0 Å². The average molecular weight is 240 g/mol. The van der Waals surface area contributed by atoms with E-state index < -0.39 is 0 Å². The first-order valence-corrected chi connectivity index (χ1v) is 7.46. The average Bonchev–Trinajstić information content (AvgIpc) is 2.65. The molecule has 3 heteroatoms. The maximum absolute atomic E-state index is 5.50. The van der Waals surface area contributed by atoms with E-state index in [1.165, 1.54) is 58.2 Å². The molecular weight excluding hydrogens is 212 g/mol. The van der Waals surface area contributed by atoms with Crippen LogP contribution in [0.1, 0.15) is 38.5 Å². The third-order valence-electron chi connectivity index (χ3n) is 3.99. The van der Waals surface area contributed by atoms with Crippen molar-refractivity contribution in [1.29, 1.82) is 0 Å². The molecule has 100 valence electrons.